The first-order valence-electron chi connectivity index (χ1n) is 10.6. The SMILES string of the molecule is CCOC(=O)c1c(-c2ccccc2)csc1NC(=O)CN1CCC(CNC(C)=O)CC1. The number of nitrogens with zero attached hydrogens (tertiary/aromatic N) is 1. The predicted molar refractivity (Wildman–Crippen MR) is 122 cm³/mol. The Hall–Kier alpha value is -2.71. The van der Waals surface area contributed by atoms with Crippen LogP contribution >= 0.6 is 11.3 Å². The van der Waals surface area contributed by atoms with Crippen LogP contribution in [-0.2, 0) is 14.3 Å². The maximum atomic E-state index is 12.7. The average Bonchev–Trinajstić information content (AvgIpc) is 3.17. The van der Waals surface area contributed by atoms with Crippen molar-refractivity contribution in [2.75, 3.05) is 38.1 Å². The zero-order valence-corrected chi connectivity index (χ0v) is 18.8. The molecule has 1 aliphatic heterocycles. The Labute approximate surface area is 186 Å². The fourth-order valence-corrected chi connectivity index (χ4v) is 4.67. The van der Waals surface area contributed by atoms with Crippen molar-refractivity contribution in [3.05, 3.63) is 41.3 Å². The molecule has 0 aliphatic carbocycles. The molecule has 166 valence electrons. The first kappa shape index (κ1) is 23.0. The Morgan fingerprint density at radius 3 is 2.52 bits per heavy atom. The van der Waals surface area contributed by atoms with E-state index in [1.54, 1.807) is 6.92 Å². The molecule has 0 bridgehead atoms. The van der Waals surface area contributed by atoms with E-state index in [9.17, 15) is 14.4 Å². The summed E-state index contributed by atoms with van der Waals surface area (Å²) in [5.74, 6) is -0.140. The second kappa shape index (κ2) is 11.1. The molecule has 8 heteroatoms. The Kier molecular flexibility index (Phi) is 8.20. The molecule has 1 aromatic carbocycles. The van der Waals surface area contributed by atoms with Gasteiger partial charge < -0.3 is 15.4 Å². The Balaban J connectivity index is 1.63. The van der Waals surface area contributed by atoms with Crippen LogP contribution in [0.25, 0.3) is 11.1 Å². The lowest BCUT2D eigenvalue weighted by molar-refractivity contribution is -0.119. The average molecular weight is 444 g/mol. The van der Waals surface area contributed by atoms with Crippen molar-refractivity contribution in [2.24, 2.45) is 5.92 Å². The fraction of sp³-hybridized carbons (Fsp3) is 0.435. The highest BCUT2D eigenvalue weighted by molar-refractivity contribution is 7.15. The van der Waals surface area contributed by atoms with Gasteiger partial charge in [0.2, 0.25) is 11.8 Å². The minimum absolute atomic E-state index is 0.00923. The number of nitrogens with one attached hydrogen (secondary N) is 2. The summed E-state index contributed by atoms with van der Waals surface area (Å²) in [4.78, 5) is 38.5. The van der Waals surface area contributed by atoms with E-state index in [-0.39, 0.29) is 25.0 Å². The highest BCUT2D eigenvalue weighted by Crippen LogP contribution is 2.36. The lowest BCUT2D eigenvalue weighted by Gasteiger charge is -2.31. The van der Waals surface area contributed by atoms with Gasteiger partial charge in [0, 0.05) is 24.4 Å². The van der Waals surface area contributed by atoms with Gasteiger partial charge in [-0.25, -0.2) is 4.79 Å². The van der Waals surface area contributed by atoms with E-state index in [1.165, 1.54) is 18.3 Å². The van der Waals surface area contributed by atoms with E-state index in [0.717, 1.165) is 37.1 Å². The van der Waals surface area contributed by atoms with Gasteiger partial charge in [-0.15, -0.1) is 11.3 Å². The molecule has 7 nitrogen and oxygen atoms in total. The number of ether oxygens (including phenoxy) is 1. The molecule has 2 amide bonds. The molecule has 0 atom stereocenters. The predicted octanol–water partition coefficient (Wildman–Crippen LogP) is 3.38. The van der Waals surface area contributed by atoms with Crippen molar-refractivity contribution < 1.29 is 19.1 Å². The van der Waals surface area contributed by atoms with Gasteiger partial charge in [0.1, 0.15) is 10.6 Å². The smallest absolute Gasteiger partial charge is 0.341 e. The third-order valence-corrected chi connectivity index (χ3v) is 6.22. The first-order chi connectivity index (χ1) is 15.0. The van der Waals surface area contributed by atoms with Crippen LogP contribution < -0.4 is 10.6 Å². The minimum Gasteiger partial charge on any atom is -0.462 e. The van der Waals surface area contributed by atoms with Crippen LogP contribution in [0.1, 0.15) is 37.0 Å². The van der Waals surface area contributed by atoms with Crippen LogP contribution in [0.3, 0.4) is 0 Å². The number of hydrogen-bond donors (Lipinski definition) is 2. The standard InChI is InChI=1S/C23H29N3O4S/c1-3-30-23(29)21-19(18-7-5-4-6-8-18)15-31-22(21)25-20(28)14-26-11-9-17(10-12-26)13-24-16(2)27/h4-8,15,17H,3,9-14H2,1-2H3,(H,24,27)(H,25,28). The molecule has 3 rings (SSSR count). The van der Waals surface area contributed by atoms with E-state index >= 15 is 0 Å². The normalized spacial score (nSPS) is 14.8. The number of likely N-dealkylation sites (tertiary alicyclic amines) is 1. The summed E-state index contributed by atoms with van der Waals surface area (Å²) in [5.41, 5.74) is 2.07. The number of anilines is 1. The lowest BCUT2D eigenvalue weighted by atomic mass is 9.97. The largest absolute Gasteiger partial charge is 0.462 e. The van der Waals surface area contributed by atoms with Crippen LogP contribution in [0.5, 0.6) is 0 Å². The van der Waals surface area contributed by atoms with Crippen LogP contribution in [0.2, 0.25) is 0 Å². The molecule has 2 N–H and O–H groups in total. The van der Waals surface area contributed by atoms with Crippen molar-refractivity contribution in [3.63, 3.8) is 0 Å². The van der Waals surface area contributed by atoms with Crippen molar-refractivity contribution in [1.82, 2.24) is 10.2 Å². The number of esters is 1. The van der Waals surface area contributed by atoms with E-state index in [4.69, 9.17) is 4.74 Å². The molecule has 0 unspecified atom stereocenters. The molecule has 1 saturated heterocycles. The summed E-state index contributed by atoms with van der Waals surface area (Å²) in [6.07, 6.45) is 1.89. The molecule has 1 fully saturated rings. The van der Waals surface area contributed by atoms with Crippen molar-refractivity contribution in [2.45, 2.75) is 26.7 Å². The first-order valence-corrected chi connectivity index (χ1v) is 11.5. The maximum absolute atomic E-state index is 12.7. The monoisotopic (exact) mass is 443 g/mol. The summed E-state index contributed by atoms with van der Waals surface area (Å²) in [7, 11) is 0. The number of benzene rings is 1. The number of piperidine rings is 1. The molecular formula is C23H29N3O4S. The Morgan fingerprint density at radius 2 is 1.87 bits per heavy atom. The van der Waals surface area contributed by atoms with Gasteiger partial charge in [-0.05, 0) is 44.3 Å². The molecule has 2 aromatic rings. The number of carbonyl (C=O) groups excluding carboxylic acids is 3. The Bertz CT molecular complexity index is 905. The summed E-state index contributed by atoms with van der Waals surface area (Å²) in [6.45, 7) is 6.13. The second-order valence-corrected chi connectivity index (χ2v) is 8.52. The number of carbonyl (C=O) groups is 3. The highest BCUT2D eigenvalue weighted by atomic mass is 32.1. The summed E-state index contributed by atoms with van der Waals surface area (Å²) < 4.78 is 5.25. The Morgan fingerprint density at radius 1 is 1.16 bits per heavy atom. The third kappa shape index (κ3) is 6.38. The van der Waals surface area contributed by atoms with Crippen LogP contribution in [0.4, 0.5) is 5.00 Å². The van der Waals surface area contributed by atoms with Gasteiger partial charge >= 0.3 is 5.97 Å². The molecule has 0 saturated carbocycles. The maximum Gasteiger partial charge on any atom is 0.341 e. The number of hydrogen-bond acceptors (Lipinski definition) is 6. The van der Waals surface area contributed by atoms with Crippen molar-refractivity contribution >= 4 is 34.1 Å². The van der Waals surface area contributed by atoms with E-state index in [2.05, 4.69) is 15.5 Å². The van der Waals surface area contributed by atoms with E-state index < -0.39 is 5.97 Å². The van der Waals surface area contributed by atoms with Crippen LogP contribution in [0.15, 0.2) is 35.7 Å². The van der Waals surface area contributed by atoms with Crippen molar-refractivity contribution in [1.29, 1.82) is 0 Å². The lowest BCUT2D eigenvalue weighted by Crippen LogP contribution is -2.41. The quantitative estimate of drug-likeness (QED) is 0.611. The summed E-state index contributed by atoms with van der Waals surface area (Å²) >= 11 is 1.33. The van der Waals surface area contributed by atoms with Gasteiger partial charge in [0.15, 0.2) is 0 Å². The highest BCUT2D eigenvalue weighted by Gasteiger charge is 2.25. The van der Waals surface area contributed by atoms with Gasteiger partial charge in [0.05, 0.1) is 13.2 Å². The minimum atomic E-state index is -0.434. The van der Waals surface area contributed by atoms with Gasteiger partial charge in [0.25, 0.3) is 0 Å². The molecule has 31 heavy (non-hydrogen) atoms. The molecule has 2 heterocycles. The molecule has 0 spiro atoms. The number of thiophene rings is 1. The van der Waals surface area contributed by atoms with Crippen LogP contribution in [0, 0.1) is 5.92 Å². The zero-order valence-electron chi connectivity index (χ0n) is 18.0. The van der Waals surface area contributed by atoms with E-state index in [0.29, 0.717) is 23.0 Å². The summed E-state index contributed by atoms with van der Waals surface area (Å²) in [6, 6.07) is 9.61. The molecule has 1 aliphatic rings. The molecule has 1 aromatic heterocycles. The van der Waals surface area contributed by atoms with E-state index in [1.807, 2.05) is 35.7 Å². The topological polar surface area (TPSA) is 87.7 Å². The molecular weight excluding hydrogens is 414 g/mol. The zero-order chi connectivity index (χ0) is 22.2. The fourth-order valence-electron chi connectivity index (χ4n) is 3.69. The number of amides is 2. The second-order valence-electron chi connectivity index (χ2n) is 7.64. The van der Waals surface area contributed by atoms with Gasteiger partial charge in [-0.2, -0.15) is 0 Å². The third-order valence-electron chi connectivity index (χ3n) is 5.32. The van der Waals surface area contributed by atoms with Crippen molar-refractivity contribution in [3.8, 4) is 11.1 Å². The van der Waals surface area contributed by atoms with Crippen LogP contribution in [-0.4, -0.2) is 55.5 Å². The summed E-state index contributed by atoms with van der Waals surface area (Å²) in [5, 5.41) is 8.18. The number of rotatable bonds is 8. The molecule has 0 radical (unpaired) electrons. The van der Waals surface area contributed by atoms with Gasteiger partial charge in [-0.1, -0.05) is 30.3 Å². The van der Waals surface area contributed by atoms with Gasteiger partial charge in [-0.3, -0.25) is 14.5 Å².